The third-order valence-electron chi connectivity index (χ3n) is 4.53. The van der Waals surface area contributed by atoms with Crippen LogP contribution in [0.1, 0.15) is 89.7 Å². The van der Waals surface area contributed by atoms with Crippen molar-refractivity contribution in [3.05, 3.63) is 35.4 Å². The van der Waals surface area contributed by atoms with Crippen molar-refractivity contribution in [2.45, 2.75) is 85.0 Å². The van der Waals surface area contributed by atoms with Crippen LogP contribution in [-0.2, 0) is 11.2 Å². The summed E-state index contributed by atoms with van der Waals surface area (Å²) in [5.74, 6) is 1.93. The quantitative estimate of drug-likeness (QED) is 0.602. The summed E-state index contributed by atoms with van der Waals surface area (Å²) in [6, 6.07) is 9.26. The molecule has 0 saturated heterocycles. The summed E-state index contributed by atoms with van der Waals surface area (Å²) in [5, 5.41) is 0. The molecule has 1 aliphatic rings. The maximum Gasteiger partial charge on any atom is 0.129 e. The molecule has 1 aromatic carbocycles. The molecule has 1 aromatic rings. The van der Waals surface area contributed by atoms with Crippen molar-refractivity contribution < 1.29 is 4.79 Å². The van der Waals surface area contributed by atoms with Crippen molar-refractivity contribution >= 4 is 5.78 Å². The van der Waals surface area contributed by atoms with Crippen molar-refractivity contribution in [1.82, 2.24) is 0 Å². The predicted molar refractivity (Wildman–Crippen MR) is 96.4 cm³/mol. The minimum Gasteiger partial charge on any atom is -0.300 e. The Balaban J connectivity index is 0.000000295. The van der Waals surface area contributed by atoms with Gasteiger partial charge in [-0.3, -0.25) is 0 Å². The first-order valence-electron chi connectivity index (χ1n) is 9.11. The molecule has 1 saturated carbocycles. The average Bonchev–Trinajstić information content (AvgIpc) is 2.99. The smallest absolute Gasteiger partial charge is 0.129 e. The standard InChI is InChI=1S/C15H22.C6H12O/c1-12(2)15-9-7-14(8-10-15)11-13-5-3-4-6-13;1-3-4-5-6(2)7/h7-10,12-13H,3-6,11H2,1-2H3;3-5H2,1-2H3. The zero-order chi connectivity index (χ0) is 16.4. The fraction of sp³-hybridized carbons (Fsp3) is 0.667. The van der Waals surface area contributed by atoms with Crippen LogP contribution < -0.4 is 0 Å². The first-order chi connectivity index (χ1) is 10.5. The van der Waals surface area contributed by atoms with Crippen molar-refractivity contribution in [2.75, 3.05) is 0 Å². The summed E-state index contributed by atoms with van der Waals surface area (Å²) in [4.78, 5) is 10.2. The molecular weight excluding hydrogens is 268 g/mol. The van der Waals surface area contributed by atoms with Gasteiger partial charge in [-0.2, -0.15) is 0 Å². The van der Waals surface area contributed by atoms with Crippen LogP contribution >= 0.6 is 0 Å². The van der Waals surface area contributed by atoms with Crippen LogP contribution in [0.2, 0.25) is 0 Å². The molecule has 1 fully saturated rings. The number of ketones is 1. The van der Waals surface area contributed by atoms with Crippen molar-refractivity contribution in [3.8, 4) is 0 Å². The number of hydrogen-bond acceptors (Lipinski definition) is 1. The molecule has 0 amide bonds. The predicted octanol–water partition coefficient (Wildman–Crippen LogP) is 6.31. The molecule has 1 nitrogen and oxygen atoms in total. The molecule has 0 atom stereocenters. The van der Waals surface area contributed by atoms with Gasteiger partial charge < -0.3 is 4.79 Å². The Morgan fingerprint density at radius 1 is 1.14 bits per heavy atom. The molecular formula is C21H34O. The van der Waals surface area contributed by atoms with Gasteiger partial charge in [-0.15, -0.1) is 0 Å². The molecule has 0 bridgehead atoms. The Morgan fingerprint density at radius 3 is 2.14 bits per heavy atom. The largest absolute Gasteiger partial charge is 0.300 e. The maximum atomic E-state index is 10.2. The van der Waals surface area contributed by atoms with E-state index in [9.17, 15) is 4.79 Å². The average molecular weight is 303 g/mol. The molecule has 1 aliphatic carbocycles. The van der Waals surface area contributed by atoms with Crippen LogP contribution in [0.25, 0.3) is 0 Å². The topological polar surface area (TPSA) is 17.1 Å². The lowest BCUT2D eigenvalue weighted by Crippen LogP contribution is -1.98. The lowest BCUT2D eigenvalue weighted by atomic mass is 9.95. The molecule has 0 N–H and O–H groups in total. The van der Waals surface area contributed by atoms with Gasteiger partial charge in [0, 0.05) is 6.42 Å². The van der Waals surface area contributed by atoms with E-state index in [1.807, 2.05) is 0 Å². The summed E-state index contributed by atoms with van der Waals surface area (Å²) in [7, 11) is 0. The molecule has 0 heterocycles. The van der Waals surface area contributed by atoms with Crippen LogP contribution in [0, 0.1) is 5.92 Å². The lowest BCUT2D eigenvalue weighted by molar-refractivity contribution is -0.117. The second-order valence-corrected chi connectivity index (χ2v) is 7.06. The van der Waals surface area contributed by atoms with Crippen molar-refractivity contribution in [1.29, 1.82) is 0 Å². The van der Waals surface area contributed by atoms with Crippen LogP contribution in [0.3, 0.4) is 0 Å². The summed E-state index contributed by atoms with van der Waals surface area (Å²) in [6.45, 7) is 8.23. The Bertz CT molecular complexity index is 410. The van der Waals surface area contributed by atoms with Gasteiger partial charge in [0.2, 0.25) is 0 Å². The highest BCUT2D eigenvalue weighted by Crippen LogP contribution is 2.28. The zero-order valence-electron chi connectivity index (χ0n) is 15.0. The van der Waals surface area contributed by atoms with Crippen LogP contribution in [-0.4, -0.2) is 5.78 Å². The summed E-state index contributed by atoms with van der Waals surface area (Å²) < 4.78 is 0. The molecule has 124 valence electrons. The number of carbonyl (C=O) groups excluding carboxylic acids is 1. The minimum absolute atomic E-state index is 0.307. The third-order valence-corrected chi connectivity index (χ3v) is 4.53. The fourth-order valence-electron chi connectivity index (χ4n) is 3.01. The van der Waals surface area contributed by atoms with Crippen LogP contribution in [0.4, 0.5) is 0 Å². The highest BCUT2D eigenvalue weighted by Gasteiger charge is 2.15. The highest BCUT2D eigenvalue weighted by atomic mass is 16.1. The molecule has 0 unspecified atom stereocenters. The van der Waals surface area contributed by atoms with Gasteiger partial charge >= 0.3 is 0 Å². The van der Waals surface area contributed by atoms with Gasteiger partial charge in [0.15, 0.2) is 0 Å². The van der Waals surface area contributed by atoms with Crippen molar-refractivity contribution in [2.24, 2.45) is 5.92 Å². The monoisotopic (exact) mass is 302 g/mol. The molecule has 0 aliphatic heterocycles. The number of carbonyl (C=O) groups is 1. The fourth-order valence-corrected chi connectivity index (χ4v) is 3.01. The summed E-state index contributed by atoms with van der Waals surface area (Å²) in [5.41, 5.74) is 3.00. The van der Waals surface area contributed by atoms with Gasteiger partial charge in [-0.25, -0.2) is 0 Å². The Morgan fingerprint density at radius 2 is 1.73 bits per heavy atom. The molecule has 0 radical (unpaired) electrons. The third kappa shape index (κ3) is 7.77. The maximum absolute atomic E-state index is 10.2. The van der Waals surface area contributed by atoms with E-state index in [2.05, 4.69) is 45.0 Å². The SMILES string of the molecule is CC(C)c1ccc(CC2CCCC2)cc1.CCCCC(C)=O. The lowest BCUT2D eigenvalue weighted by Gasteiger charge is -2.10. The van der Waals surface area contributed by atoms with E-state index in [-0.39, 0.29) is 0 Å². The Kier molecular flexibility index (Phi) is 9.11. The zero-order valence-corrected chi connectivity index (χ0v) is 15.0. The number of hydrogen-bond donors (Lipinski definition) is 0. The van der Waals surface area contributed by atoms with Crippen LogP contribution in [0.5, 0.6) is 0 Å². The first kappa shape index (κ1) is 18.9. The summed E-state index contributed by atoms with van der Waals surface area (Å²) >= 11 is 0. The van der Waals surface area contributed by atoms with Crippen LogP contribution in [0.15, 0.2) is 24.3 Å². The Hall–Kier alpha value is -1.11. The van der Waals surface area contributed by atoms with Gasteiger partial charge in [0.25, 0.3) is 0 Å². The van der Waals surface area contributed by atoms with E-state index in [0.29, 0.717) is 11.7 Å². The number of unbranched alkanes of at least 4 members (excludes halogenated alkanes) is 1. The van der Waals surface area contributed by atoms with E-state index in [4.69, 9.17) is 0 Å². The van der Waals surface area contributed by atoms with Gasteiger partial charge in [0.05, 0.1) is 0 Å². The van der Waals surface area contributed by atoms with E-state index in [1.165, 1.54) is 43.2 Å². The number of Topliss-reactive ketones (excluding diaryl/α,β-unsaturated/α-hetero) is 1. The molecule has 0 aromatic heterocycles. The molecule has 2 rings (SSSR count). The second-order valence-electron chi connectivity index (χ2n) is 7.06. The van der Waals surface area contributed by atoms with E-state index in [1.54, 1.807) is 6.92 Å². The summed E-state index contributed by atoms with van der Waals surface area (Å²) in [6.07, 6.45) is 10.0. The van der Waals surface area contributed by atoms with Gasteiger partial charge in [-0.05, 0) is 42.7 Å². The van der Waals surface area contributed by atoms with E-state index >= 15 is 0 Å². The molecule has 22 heavy (non-hydrogen) atoms. The normalized spacial score (nSPS) is 14.8. The molecule has 0 spiro atoms. The van der Waals surface area contributed by atoms with Gasteiger partial charge in [0.1, 0.15) is 5.78 Å². The highest BCUT2D eigenvalue weighted by molar-refractivity contribution is 5.75. The molecule has 1 heteroatoms. The Labute approximate surface area is 137 Å². The van der Waals surface area contributed by atoms with Crippen molar-refractivity contribution in [3.63, 3.8) is 0 Å². The second kappa shape index (κ2) is 10.6. The van der Waals surface area contributed by atoms with E-state index < -0.39 is 0 Å². The van der Waals surface area contributed by atoms with E-state index in [0.717, 1.165) is 25.2 Å². The number of rotatable bonds is 6. The van der Waals surface area contributed by atoms with Gasteiger partial charge in [-0.1, -0.05) is 77.1 Å². The minimum atomic E-state index is 0.307. The first-order valence-corrected chi connectivity index (χ1v) is 9.11. The number of benzene rings is 1.